The Morgan fingerprint density at radius 3 is 3.27 bits per heavy atom. The molecule has 15 heavy (non-hydrogen) atoms. The van der Waals surface area contributed by atoms with Gasteiger partial charge in [0.1, 0.15) is 0 Å². The van der Waals surface area contributed by atoms with Gasteiger partial charge in [0.15, 0.2) is 0 Å². The van der Waals surface area contributed by atoms with E-state index in [-0.39, 0.29) is 0 Å². The van der Waals surface area contributed by atoms with E-state index in [4.69, 9.17) is 4.74 Å². The van der Waals surface area contributed by atoms with Gasteiger partial charge in [-0.05, 0) is 32.4 Å². The van der Waals surface area contributed by atoms with Crippen LogP contribution in [0.1, 0.15) is 19.8 Å². The van der Waals surface area contributed by atoms with Gasteiger partial charge in [-0.15, -0.1) is 0 Å². The molecule has 0 bridgehead atoms. The number of hydrogen-bond acceptors (Lipinski definition) is 3. The zero-order valence-electron chi connectivity index (χ0n) is 9.22. The fourth-order valence-corrected chi connectivity index (χ4v) is 1.97. The maximum absolute atomic E-state index is 5.85. The minimum atomic E-state index is 0.370. The summed E-state index contributed by atoms with van der Waals surface area (Å²) in [4.78, 5) is 0. The standard InChI is InChI=1S/C11H19N3O/c1-10-11(4-2-5-12-10)15-9-8-14-7-3-6-13-14/h3,6-7,10-12H,2,4-5,8-9H2,1H3. The molecule has 1 N–H and O–H groups in total. The van der Waals surface area contributed by atoms with Crippen LogP contribution in [0.4, 0.5) is 0 Å². The van der Waals surface area contributed by atoms with Crippen molar-refractivity contribution in [2.45, 2.75) is 38.5 Å². The van der Waals surface area contributed by atoms with Gasteiger partial charge in [0.05, 0.1) is 19.3 Å². The van der Waals surface area contributed by atoms with Crippen LogP contribution in [0, 0.1) is 0 Å². The molecule has 0 spiro atoms. The molecule has 4 heteroatoms. The van der Waals surface area contributed by atoms with Crippen molar-refractivity contribution in [2.75, 3.05) is 13.2 Å². The lowest BCUT2D eigenvalue weighted by atomic mass is 10.0. The van der Waals surface area contributed by atoms with Crippen LogP contribution >= 0.6 is 0 Å². The van der Waals surface area contributed by atoms with Crippen LogP contribution in [0.2, 0.25) is 0 Å². The monoisotopic (exact) mass is 209 g/mol. The van der Waals surface area contributed by atoms with Gasteiger partial charge in [0.2, 0.25) is 0 Å². The normalized spacial score (nSPS) is 26.7. The zero-order chi connectivity index (χ0) is 10.5. The highest BCUT2D eigenvalue weighted by atomic mass is 16.5. The highest BCUT2D eigenvalue weighted by molar-refractivity contribution is 4.79. The Balaban J connectivity index is 1.68. The molecule has 1 saturated heterocycles. The number of rotatable bonds is 4. The van der Waals surface area contributed by atoms with Gasteiger partial charge in [-0.2, -0.15) is 5.10 Å². The van der Waals surface area contributed by atoms with E-state index < -0.39 is 0 Å². The molecule has 0 amide bonds. The molecule has 2 unspecified atom stereocenters. The molecule has 2 heterocycles. The van der Waals surface area contributed by atoms with Crippen LogP contribution in [0.3, 0.4) is 0 Å². The molecule has 1 aromatic heterocycles. The first-order valence-corrected chi connectivity index (χ1v) is 5.68. The molecule has 2 atom stereocenters. The molecule has 1 aliphatic rings. The van der Waals surface area contributed by atoms with Crippen molar-refractivity contribution in [3.05, 3.63) is 18.5 Å². The molecule has 0 saturated carbocycles. The molecule has 0 aromatic carbocycles. The lowest BCUT2D eigenvalue weighted by molar-refractivity contribution is 0.00771. The minimum Gasteiger partial charge on any atom is -0.375 e. The SMILES string of the molecule is CC1NCCCC1OCCn1cccn1. The Morgan fingerprint density at radius 1 is 1.60 bits per heavy atom. The maximum Gasteiger partial charge on any atom is 0.0726 e. The number of nitrogens with zero attached hydrogens (tertiary/aromatic N) is 2. The van der Waals surface area contributed by atoms with E-state index in [1.165, 1.54) is 12.8 Å². The number of piperidine rings is 1. The van der Waals surface area contributed by atoms with Crippen LogP contribution in [0.5, 0.6) is 0 Å². The predicted molar refractivity (Wildman–Crippen MR) is 58.7 cm³/mol. The summed E-state index contributed by atoms with van der Waals surface area (Å²) in [5, 5.41) is 7.57. The van der Waals surface area contributed by atoms with E-state index in [0.29, 0.717) is 12.1 Å². The second-order valence-corrected chi connectivity index (χ2v) is 4.06. The van der Waals surface area contributed by atoms with Crippen LogP contribution in [-0.4, -0.2) is 35.1 Å². The largest absolute Gasteiger partial charge is 0.375 e. The molecule has 4 nitrogen and oxygen atoms in total. The molecule has 0 radical (unpaired) electrons. The van der Waals surface area contributed by atoms with Gasteiger partial charge < -0.3 is 10.1 Å². The average molecular weight is 209 g/mol. The third kappa shape index (κ3) is 3.04. The summed E-state index contributed by atoms with van der Waals surface area (Å²) in [5.41, 5.74) is 0. The minimum absolute atomic E-state index is 0.370. The lowest BCUT2D eigenvalue weighted by Crippen LogP contribution is -2.44. The van der Waals surface area contributed by atoms with Gasteiger partial charge >= 0.3 is 0 Å². The van der Waals surface area contributed by atoms with E-state index >= 15 is 0 Å². The first kappa shape index (κ1) is 10.6. The van der Waals surface area contributed by atoms with Crippen molar-refractivity contribution >= 4 is 0 Å². The molecule has 1 fully saturated rings. The smallest absolute Gasteiger partial charge is 0.0726 e. The Hall–Kier alpha value is -0.870. The molecule has 0 aliphatic carbocycles. The fourth-order valence-electron chi connectivity index (χ4n) is 1.97. The second-order valence-electron chi connectivity index (χ2n) is 4.06. The molecule has 84 valence electrons. The zero-order valence-corrected chi connectivity index (χ0v) is 9.22. The predicted octanol–water partition coefficient (Wildman–Crippen LogP) is 1.04. The van der Waals surface area contributed by atoms with Crippen molar-refractivity contribution in [1.29, 1.82) is 0 Å². The maximum atomic E-state index is 5.85. The summed E-state index contributed by atoms with van der Waals surface area (Å²) in [6.45, 7) is 4.91. The third-order valence-electron chi connectivity index (χ3n) is 2.90. The molecule has 2 rings (SSSR count). The summed E-state index contributed by atoms with van der Waals surface area (Å²) in [6.07, 6.45) is 6.52. The van der Waals surface area contributed by atoms with E-state index in [1.54, 1.807) is 6.20 Å². The molecule has 1 aromatic rings. The van der Waals surface area contributed by atoms with Crippen LogP contribution in [0.15, 0.2) is 18.5 Å². The second kappa shape index (κ2) is 5.28. The fraction of sp³-hybridized carbons (Fsp3) is 0.727. The van der Waals surface area contributed by atoms with Gasteiger partial charge in [-0.1, -0.05) is 0 Å². The summed E-state index contributed by atoms with van der Waals surface area (Å²) >= 11 is 0. The molecular formula is C11H19N3O. The summed E-state index contributed by atoms with van der Waals surface area (Å²) in [7, 11) is 0. The van der Waals surface area contributed by atoms with Crippen LogP contribution in [-0.2, 0) is 11.3 Å². The average Bonchev–Trinajstić information content (AvgIpc) is 2.74. The third-order valence-corrected chi connectivity index (χ3v) is 2.90. The van der Waals surface area contributed by atoms with E-state index in [9.17, 15) is 0 Å². The number of hydrogen-bond donors (Lipinski definition) is 1. The van der Waals surface area contributed by atoms with Crippen molar-refractivity contribution in [2.24, 2.45) is 0 Å². The van der Waals surface area contributed by atoms with Crippen LogP contribution < -0.4 is 5.32 Å². The Bertz CT molecular complexity index is 273. The van der Waals surface area contributed by atoms with Crippen molar-refractivity contribution in [3.63, 3.8) is 0 Å². The molecular weight excluding hydrogens is 190 g/mol. The number of ether oxygens (including phenoxy) is 1. The van der Waals surface area contributed by atoms with Crippen LogP contribution in [0.25, 0.3) is 0 Å². The van der Waals surface area contributed by atoms with Gasteiger partial charge in [-0.3, -0.25) is 4.68 Å². The van der Waals surface area contributed by atoms with E-state index in [1.807, 2.05) is 16.9 Å². The Labute approximate surface area is 90.6 Å². The van der Waals surface area contributed by atoms with Crippen molar-refractivity contribution in [3.8, 4) is 0 Å². The van der Waals surface area contributed by atoms with E-state index in [2.05, 4.69) is 17.3 Å². The van der Waals surface area contributed by atoms with E-state index in [0.717, 1.165) is 19.7 Å². The lowest BCUT2D eigenvalue weighted by Gasteiger charge is -2.29. The van der Waals surface area contributed by atoms with Crippen molar-refractivity contribution < 1.29 is 4.74 Å². The van der Waals surface area contributed by atoms with Gasteiger partial charge in [0, 0.05) is 18.4 Å². The Kier molecular flexibility index (Phi) is 3.75. The molecule has 1 aliphatic heterocycles. The highest BCUT2D eigenvalue weighted by Gasteiger charge is 2.20. The van der Waals surface area contributed by atoms with Gasteiger partial charge in [-0.25, -0.2) is 0 Å². The number of nitrogens with one attached hydrogen (secondary N) is 1. The highest BCUT2D eigenvalue weighted by Crippen LogP contribution is 2.11. The topological polar surface area (TPSA) is 39.1 Å². The first-order valence-electron chi connectivity index (χ1n) is 5.68. The van der Waals surface area contributed by atoms with Crippen molar-refractivity contribution in [1.82, 2.24) is 15.1 Å². The number of aromatic nitrogens is 2. The Morgan fingerprint density at radius 2 is 2.53 bits per heavy atom. The first-order chi connectivity index (χ1) is 7.36. The summed E-state index contributed by atoms with van der Waals surface area (Å²) < 4.78 is 7.75. The quantitative estimate of drug-likeness (QED) is 0.805. The summed E-state index contributed by atoms with van der Waals surface area (Å²) in [6, 6.07) is 2.42. The van der Waals surface area contributed by atoms with Gasteiger partial charge in [0.25, 0.3) is 0 Å². The summed E-state index contributed by atoms with van der Waals surface area (Å²) in [5.74, 6) is 0.